The number of aromatic nitrogens is 5. The van der Waals surface area contributed by atoms with Crippen LogP contribution in [0, 0.1) is 0 Å². The SMILES string of the molecule is COc1ccc(Cn2cnc3cnc(-c4cccc(C(F)F)n4)nc32)cc1. The van der Waals surface area contributed by atoms with Crippen LogP contribution < -0.4 is 4.74 Å². The minimum absolute atomic E-state index is 0.279. The van der Waals surface area contributed by atoms with Gasteiger partial charge in [-0.3, -0.25) is 0 Å². The Morgan fingerprint density at radius 3 is 2.59 bits per heavy atom. The second kappa shape index (κ2) is 7.06. The third-order valence-corrected chi connectivity index (χ3v) is 4.09. The molecular formula is C19H15F2N5O. The minimum atomic E-state index is -2.64. The van der Waals surface area contributed by atoms with Crippen molar-refractivity contribution in [2.75, 3.05) is 7.11 Å². The Labute approximate surface area is 153 Å². The highest BCUT2D eigenvalue weighted by atomic mass is 19.3. The van der Waals surface area contributed by atoms with Gasteiger partial charge in [0.1, 0.15) is 22.7 Å². The summed E-state index contributed by atoms with van der Waals surface area (Å²) in [6, 6.07) is 12.1. The van der Waals surface area contributed by atoms with E-state index in [1.54, 1.807) is 25.7 Å². The van der Waals surface area contributed by atoms with E-state index in [9.17, 15) is 8.78 Å². The largest absolute Gasteiger partial charge is 0.497 e. The molecule has 3 heterocycles. The minimum Gasteiger partial charge on any atom is -0.497 e. The second-order valence-electron chi connectivity index (χ2n) is 5.87. The molecule has 6 nitrogen and oxygen atoms in total. The molecule has 1 aromatic carbocycles. The Bertz CT molecular complexity index is 1080. The average molecular weight is 367 g/mol. The normalized spacial score (nSPS) is 11.3. The fourth-order valence-corrected chi connectivity index (χ4v) is 2.72. The van der Waals surface area contributed by atoms with Gasteiger partial charge in [0, 0.05) is 0 Å². The number of benzene rings is 1. The van der Waals surface area contributed by atoms with Gasteiger partial charge in [0.15, 0.2) is 11.5 Å². The molecule has 0 fully saturated rings. The molecule has 0 N–H and O–H groups in total. The van der Waals surface area contributed by atoms with E-state index in [2.05, 4.69) is 19.9 Å². The maximum atomic E-state index is 12.9. The van der Waals surface area contributed by atoms with E-state index in [1.165, 1.54) is 12.1 Å². The lowest BCUT2D eigenvalue weighted by Gasteiger charge is -2.07. The number of methoxy groups -OCH3 is 1. The Kier molecular flexibility index (Phi) is 4.45. The topological polar surface area (TPSA) is 65.7 Å². The third kappa shape index (κ3) is 3.46. The molecular weight excluding hydrogens is 352 g/mol. The Hall–Kier alpha value is -3.42. The summed E-state index contributed by atoms with van der Waals surface area (Å²) in [5, 5.41) is 0. The number of alkyl halides is 2. The molecule has 0 bridgehead atoms. The van der Waals surface area contributed by atoms with Crippen LogP contribution in [-0.4, -0.2) is 31.6 Å². The molecule has 0 saturated carbocycles. The fourth-order valence-electron chi connectivity index (χ4n) is 2.72. The molecule has 0 amide bonds. The number of ether oxygens (including phenoxy) is 1. The van der Waals surface area contributed by atoms with E-state index in [-0.39, 0.29) is 11.5 Å². The highest BCUT2D eigenvalue weighted by Gasteiger charge is 2.13. The summed E-state index contributed by atoms with van der Waals surface area (Å²) >= 11 is 0. The smallest absolute Gasteiger partial charge is 0.280 e. The van der Waals surface area contributed by atoms with Gasteiger partial charge in [-0.1, -0.05) is 18.2 Å². The van der Waals surface area contributed by atoms with Crippen LogP contribution in [0.1, 0.15) is 17.7 Å². The zero-order valence-corrected chi connectivity index (χ0v) is 14.4. The Morgan fingerprint density at radius 2 is 1.85 bits per heavy atom. The summed E-state index contributed by atoms with van der Waals surface area (Å²) < 4.78 is 32.8. The van der Waals surface area contributed by atoms with Gasteiger partial charge in [0.25, 0.3) is 6.43 Å². The number of hydrogen-bond donors (Lipinski definition) is 0. The number of rotatable bonds is 5. The Balaban J connectivity index is 1.69. The number of imidazole rings is 1. The van der Waals surface area contributed by atoms with Crippen molar-refractivity contribution < 1.29 is 13.5 Å². The van der Waals surface area contributed by atoms with Gasteiger partial charge >= 0.3 is 0 Å². The molecule has 136 valence electrons. The van der Waals surface area contributed by atoms with Crippen molar-refractivity contribution in [3.63, 3.8) is 0 Å². The van der Waals surface area contributed by atoms with Crippen LogP contribution in [0.2, 0.25) is 0 Å². The first-order chi connectivity index (χ1) is 13.1. The molecule has 0 spiro atoms. The quantitative estimate of drug-likeness (QED) is 0.536. The molecule has 0 aliphatic rings. The van der Waals surface area contributed by atoms with E-state index >= 15 is 0 Å². The van der Waals surface area contributed by atoms with Crippen LogP contribution in [0.25, 0.3) is 22.7 Å². The molecule has 0 aliphatic heterocycles. The number of halogens is 2. The number of nitrogens with zero attached hydrogens (tertiary/aromatic N) is 5. The Morgan fingerprint density at radius 1 is 1.04 bits per heavy atom. The summed E-state index contributed by atoms with van der Waals surface area (Å²) in [4.78, 5) is 17.0. The molecule has 0 unspecified atom stereocenters. The van der Waals surface area contributed by atoms with Crippen LogP contribution in [0.5, 0.6) is 5.75 Å². The van der Waals surface area contributed by atoms with Crippen LogP contribution in [0.3, 0.4) is 0 Å². The fraction of sp³-hybridized carbons (Fsp3) is 0.158. The predicted molar refractivity (Wildman–Crippen MR) is 95.6 cm³/mol. The van der Waals surface area contributed by atoms with Crippen LogP contribution >= 0.6 is 0 Å². The number of fused-ring (bicyclic) bond motifs is 1. The lowest BCUT2D eigenvalue weighted by atomic mass is 10.2. The van der Waals surface area contributed by atoms with Gasteiger partial charge < -0.3 is 9.30 Å². The molecule has 8 heteroatoms. The molecule has 0 aliphatic carbocycles. The van der Waals surface area contributed by atoms with Crippen molar-refractivity contribution in [2.24, 2.45) is 0 Å². The first-order valence-electron chi connectivity index (χ1n) is 8.20. The summed E-state index contributed by atoms with van der Waals surface area (Å²) in [5.74, 6) is 1.06. The third-order valence-electron chi connectivity index (χ3n) is 4.09. The van der Waals surface area contributed by atoms with Crippen LogP contribution in [-0.2, 0) is 6.54 Å². The lowest BCUT2D eigenvalue weighted by molar-refractivity contribution is 0.146. The van der Waals surface area contributed by atoms with E-state index in [0.29, 0.717) is 23.4 Å². The van der Waals surface area contributed by atoms with E-state index in [1.807, 2.05) is 28.8 Å². The van der Waals surface area contributed by atoms with E-state index < -0.39 is 6.43 Å². The maximum Gasteiger partial charge on any atom is 0.280 e. The van der Waals surface area contributed by atoms with Gasteiger partial charge in [-0.25, -0.2) is 28.7 Å². The van der Waals surface area contributed by atoms with Crippen molar-refractivity contribution in [2.45, 2.75) is 13.0 Å². The number of hydrogen-bond acceptors (Lipinski definition) is 5. The standard InChI is InChI=1S/C19H15F2N5O/c1-27-13-7-5-12(6-8-13)10-26-11-23-16-9-22-18(25-19(16)26)15-4-2-3-14(24-15)17(20)21/h2-9,11,17H,10H2,1H3. The summed E-state index contributed by atoms with van der Waals surface area (Å²) in [7, 11) is 1.62. The van der Waals surface area contributed by atoms with Crippen molar-refractivity contribution >= 4 is 11.2 Å². The van der Waals surface area contributed by atoms with Gasteiger partial charge in [-0.05, 0) is 29.8 Å². The molecule has 4 rings (SSSR count). The highest BCUT2D eigenvalue weighted by Crippen LogP contribution is 2.21. The number of pyridine rings is 1. The summed E-state index contributed by atoms with van der Waals surface area (Å²) in [5.41, 5.74) is 2.28. The van der Waals surface area contributed by atoms with E-state index in [4.69, 9.17) is 4.74 Å². The van der Waals surface area contributed by atoms with Gasteiger partial charge in [-0.15, -0.1) is 0 Å². The molecule has 27 heavy (non-hydrogen) atoms. The average Bonchev–Trinajstić information content (AvgIpc) is 3.10. The summed E-state index contributed by atoms with van der Waals surface area (Å²) in [6.07, 6.45) is 0.601. The molecule has 0 radical (unpaired) electrons. The zero-order chi connectivity index (χ0) is 18.8. The summed E-state index contributed by atoms with van der Waals surface area (Å²) in [6.45, 7) is 0.557. The van der Waals surface area contributed by atoms with Crippen LogP contribution in [0.4, 0.5) is 8.78 Å². The van der Waals surface area contributed by atoms with Crippen molar-refractivity contribution in [3.05, 3.63) is 66.2 Å². The van der Waals surface area contributed by atoms with Gasteiger partial charge in [0.05, 0.1) is 26.2 Å². The lowest BCUT2D eigenvalue weighted by Crippen LogP contribution is -2.01. The molecule has 0 atom stereocenters. The van der Waals surface area contributed by atoms with Crippen molar-refractivity contribution in [1.82, 2.24) is 24.5 Å². The van der Waals surface area contributed by atoms with E-state index in [0.717, 1.165) is 11.3 Å². The second-order valence-corrected chi connectivity index (χ2v) is 5.87. The highest BCUT2D eigenvalue weighted by molar-refractivity contribution is 5.72. The van der Waals surface area contributed by atoms with Crippen molar-refractivity contribution in [3.8, 4) is 17.3 Å². The van der Waals surface area contributed by atoms with Crippen molar-refractivity contribution in [1.29, 1.82) is 0 Å². The van der Waals surface area contributed by atoms with Gasteiger partial charge in [0.2, 0.25) is 0 Å². The first-order valence-corrected chi connectivity index (χ1v) is 8.20. The maximum absolute atomic E-state index is 12.9. The molecule has 0 saturated heterocycles. The van der Waals surface area contributed by atoms with Crippen LogP contribution in [0.15, 0.2) is 55.0 Å². The first kappa shape index (κ1) is 17.0. The molecule has 3 aromatic heterocycles. The van der Waals surface area contributed by atoms with Gasteiger partial charge in [-0.2, -0.15) is 0 Å². The predicted octanol–water partition coefficient (Wildman–Crippen LogP) is 3.88. The zero-order valence-electron chi connectivity index (χ0n) is 14.4. The molecule has 4 aromatic rings. The monoisotopic (exact) mass is 367 g/mol.